The monoisotopic (exact) mass is 731 g/mol. The van der Waals surface area contributed by atoms with E-state index in [9.17, 15) is 4.57 Å². The van der Waals surface area contributed by atoms with Gasteiger partial charge in [0, 0.05) is 30.8 Å². The third-order valence-corrected chi connectivity index (χ3v) is 16.5. The Balaban J connectivity index is 0.000000358. The van der Waals surface area contributed by atoms with E-state index in [1.807, 2.05) is 30.6 Å². The number of thiocyanates is 2. The summed E-state index contributed by atoms with van der Waals surface area (Å²) in [5.41, 5.74) is 1.04. The summed E-state index contributed by atoms with van der Waals surface area (Å²) in [7, 11) is 4.11. The molecule has 6 nitrogen and oxygen atoms in total. The van der Waals surface area contributed by atoms with Gasteiger partial charge in [0.05, 0.1) is 27.8 Å². The van der Waals surface area contributed by atoms with Gasteiger partial charge in [-0.1, -0.05) is 114 Å². The molecule has 1 aromatic carbocycles. The molecule has 1 aromatic heterocycles. The number of rotatable bonds is 16. The van der Waals surface area contributed by atoms with Crippen molar-refractivity contribution >= 4 is 91.1 Å². The zero-order chi connectivity index (χ0) is 32.8. The van der Waals surface area contributed by atoms with Crippen LogP contribution in [0.3, 0.4) is 0 Å². The van der Waals surface area contributed by atoms with E-state index < -0.39 is 6.34 Å². The Morgan fingerprint density at radius 2 is 1.64 bits per heavy atom. The minimum atomic E-state index is -2.39. The predicted molar refractivity (Wildman–Crippen MR) is 206 cm³/mol. The molecule has 246 valence electrons. The van der Waals surface area contributed by atoms with E-state index in [-0.39, 0.29) is 0 Å². The lowest BCUT2D eigenvalue weighted by molar-refractivity contribution is 0.278. The zero-order valence-corrected chi connectivity index (χ0v) is 33.0. The van der Waals surface area contributed by atoms with E-state index in [2.05, 4.69) is 61.0 Å². The van der Waals surface area contributed by atoms with Crippen molar-refractivity contribution in [3.05, 3.63) is 24.3 Å². The van der Waals surface area contributed by atoms with Crippen molar-refractivity contribution in [3.8, 4) is 10.8 Å². The fraction of sp³-hybridized carbons (Fsp3) is 0.677. The number of benzene rings is 1. The molecule has 0 bridgehead atoms. The van der Waals surface area contributed by atoms with Crippen LogP contribution in [0.15, 0.2) is 28.6 Å². The predicted octanol–water partition coefficient (Wildman–Crippen LogP) is 11.3. The van der Waals surface area contributed by atoms with Crippen LogP contribution in [-0.4, -0.2) is 63.2 Å². The van der Waals surface area contributed by atoms with E-state index in [0.717, 1.165) is 81.2 Å². The molecule has 2 unspecified atom stereocenters. The zero-order valence-electron chi connectivity index (χ0n) is 27.2. The lowest BCUT2D eigenvalue weighted by atomic mass is 10.0. The molecule has 13 heteroatoms. The van der Waals surface area contributed by atoms with Gasteiger partial charge >= 0.3 is 0 Å². The molecule has 0 radical (unpaired) electrons. The van der Waals surface area contributed by atoms with E-state index in [0.29, 0.717) is 11.8 Å². The van der Waals surface area contributed by atoms with Gasteiger partial charge in [0.1, 0.15) is 15.1 Å². The van der Waals surface area contributed by atoms with Crippen molar-refractivity contribution in [2.45, 2.75) is 83.4 Å². The number of hydrogen-bond donors (Lipinski definition) is 0. The van der Waals surface area contributed by atoms with Crippen LogP contribution in [0.25, 0.3) is 10.2 Å². The number of aromatic nitrogens is 1. The summed E-state index contributed by atoms with van der Waals surface area (Å²) in [5.74, 6) is 2.09. The lowest BCUT2D eigenvalue weighted by Gasteiger charge is -2.31. The van der Waals surface area contributed by atoms with Gasteiger partial charge < -0.3 is 9.46 Å². The second kappa shape index (κ2) is 24.7. The first-order valence-electron chi connectivity index (χ1n) is 15.4. The van der Waals surface area contributed by atoms with Crippen molar-refractivity contribution < 1.29 is 4.57 Å². The number of unbranched alkanes of at least 4 members (excludes halogenated alkanes) is 2. The minimum absolute atomic E-state index is 0.528. The molecule has 1 aliphatic heterocycles. The van der Waals surface area contributed by atoms with Crippen molar-refractivity contribution in [2.24, 2.45) is 11.8 Å². The average molecular weight is 732 g/mol. The number of nitriles is 2. The summed E-state index contributed by atoms with van der Waals surface area (Å²) in [6, 6.07) is 8.07. The molecule has 2 heterocycles. The van der Waals surface area contributed by atoms with Gasteiger partial charge in [-0.25, -0.2) is 4.98 Å². The second-order valence-electron chi connectivity index (χ2n) is 10.9. The SMILES string of the molecule is CCCCC(CC)CP(=O)(CC(CC)CCCC)SC#N.CN1CSC(=S)N(C)C1.N#CSCSc1nc2ccccc2s1. The van der Waals surface area contributed by atoms with Crippen LogP contribution < -0.4 is 0 Å². The third-order valence-electron chi connectivity index (χ3n) is 7.12. The molecule has 1 aliphatic rings. The number of thiazole rings is 1. The summed E-state index contributed by atoms with van der Waals surface area (Å²) >= 11 is 12.4. The summed E-state index contributed by atoms with van der Waals surface area (Å²) < 4.78 is 16.5. The maximum absolute atomic E-state index is 13.2. The first-order chi connectivity index (χ1) is 21.1. The Bertz CT molecular complexity index is 1160. The van der Waals surface area contributed by atoms with Crippen molar-refractivity contribution in [1.82, 2.24) is 14.8 Å². The molecule has 1 fully saturated rings. The highest BCUT2D eigenvalue weighted by atomic mass is 32.7. The quantitative estimate of drug-likeness (QED) is 0.0413. The largest absolute Gasteiger partial charge is 0.348 e. The Labute approximate surface area is 293 Å². The van der Waals surface area contributed by atoms with Gasteiger partial charge in [-0.05, 0) is 55.6 Å². The average Bonchev–Trinajstić information content (AvgIpc) is 3.43. The molecule has 0 N–H and O–H groups in total. The highest BCUT2D eigenvalue weighted by Crippen LogP contribution is 2.61. The normalized spacial score (nSPS) is 16.0. The summed E-state index contributed by atoms with van der Waals surface area (Å²) in [6.45, 7) is 9.75. The topological polar surface area (TPSA) is 84.0 Å². The molecule has 0 aliphatic carbocycles. The van der Waals surface area contributed by atoms with Gasteiger partial charge in [0.2, 0.25) is 0 Å². The Kier molecular flexibility index (Phi) is 23.4. The van der Waals surface area contributed by atoms with Gasteiger partial charge in [-0.3, -0.25) is 4.90 Å². The summed E-state index contributed by atoms with van der Waals surface area (Å²) in [5, 5.41) is 22.4. The lowest BCUT2D eigenvalue weighted by Crippen LogP contribution is -2.40. The van der Waals surface area contributed by atoms with Crippen LogP contribution in [0.1, 0.15) is 79.1 Å². The van der Waals surface area contributed by atoms with Crippen LogP contribution in [0.4, 0.5) is 0 Å². The van der Waals surface area contributed by atoms with Crippen LogP contribution in [0, 0.1) is 33.2 Å². The van der Waals surface area contributed by atoms with Gasteiger partial charge in [0.15, 0.2) is 10.7 Å². The van der Waals surface area contributed by atoms with Crippen molar-refractivity contribution in [2.75, 3.05) is 44.0 Å². The molecule has 2 aromatic rings. The summed E-state index contributed by atoms with van der Waals surface area (Å²) in [4.78, 5) is 8.74. The van der Waals surface area contributed by atoms with E-state index in [1.165, 1.54) is 42.1 Å². The molecule has 1 saturated heterocycles. The van der Waals surface area contributed by atoms with Gasteiger partial charge in [-0.15, -0.1) is 11.3 Å². The van der Waals surface area contributed by atoms with E-state index >= 15 is 0 Å². The fourth-order valence-electron chi connectivity index (χ4n) is 4.60. The number of nitrogens with zero attached hydrogens (tertiary/aromatic N) is 5. The van der Waals surface area contributed by atoms with E-state index in [4.69, 9.17) is 22.7 Å². The Morgan fingerprint density at radius 3 is 2.11 bits per heavy atom. The number of fused-ring (bicyclic) bond motifs is 1. The number of thiocarbonyl (C=S) groups is 1. The maximum Gasteiger partial charge on any atom is 0.153 e. The van der Waals surface area contributed by atoms with Crippen molar-refractivity contribution in [1.29, 1.82) is 10.5 Å². The minimum Gasteiger partial charge on any atom is -0.348 e. The molecule has 3 rings (SSSR count). The maximum atomic E-state index is 13.2. The second-order valence-corrected chi connectivity index (χ2v) is 21.1. The smallest absolute Gasteiger partial charge is 0.153 e. The molecule has 44 heavy (non-hydrogen) atoms. The molecule has 0 saturated carbocycles. The number of thioether (sulfide) groups is 3. The van der Waals surface area contributed by atoms with Crippen LogP contribution in [-0.2, 0) is 4.57 Å². The molecule has 2 atom stereocenters. The highest BCUT2D eigenvalue weighted by molar-refractivity contribution is 8.60. The van der Waals surface area contributed by atoms with Crippen LogP contribution in [0.5, 0.6) is 0 Å². The standard InChI is InChI=1S/C17H34NOPS.C9H6N2S3.C5H10N2S2/c1-5-9-11-16(7-3)13-20(19,21-15-18)14-17(8-4)12-10-6-2;10-5-12-6-13-9-11-7-3-1-2-4-8(7)14-9;1-6-3-7(2)5(8)9-4-6/h16-17H,5-14H2,1-4H3;1-4H,6H2;3-4H2,1-2H3. The fourth-order valence-corrected chi connectivity index (χ4v) is 13.2. The molecular formula is C31H50N5OPS6. The van der Waals surface area contributed by atoms with Crippen LogP contribution in [0.2, 0.25) is 0 Å². The Morgan fingerprint density at radius 1 is 1.02 bits per heavy atom. The first-order valence-corrected chi connectivity index (χ1v) is 23.0. The van der Waals surface area contributed by atoms with Gasteiger partial charge in [-0.2, -0.15) is 10.5 Å². The molecule has 0 amide bonds. The first kappa shape index (κ1) is 41.6. The van der Waals surface area contributed by atoms with Crippen LogP contribution >= 0.6 is 76.6 Å². The van der Waals surface area contributed by atoms with Crippen molar-refractivity contribution in [3.63, 3.8) is 0 Å². The third kappa shape index (κ3) is 17.5. The van der Waals surface area contributed by atoms with Gasteiger partial charge in [0.25, 0.3) is 0 Å². The number of hydrogen-bond acceptors (Lipinski definition) is 11. The highest BCUT2D eigenvalue weighted by Gasteiger charge is 2.29. The summed E-state index contributed by atoms with van der Waals surface area (Å²) in [6.07, 6.45) is 8.45. The Hall–Kier alpha value is -0.430. The molecular weight excluding hydrogens is 682 g/mol. The van der Waals surface area contributed by atoms with E-state index in [1.54, 1.807) is 34.9 Å². The number of para-hydroxylation sites is 1. The molecule has 0 spiro atoms.